The molecular formula is C14H19N5O4S. The molecule has 4 N–H and O–H groups in total. The number of nitrogens with one attached hydrogen (secondary N) is 2. The Balaban J connectivity index is 2.02. The van der Waals surface area contributed by atoms with Crippen molar-refractivity contribution in [1.82, 2.24) is 19.3 Å². The molecule has 0 radical (unpaired) electrons. The monoisotopic (exact) mass is 353 g/mol. The lowest BCUT2D eigenvalue weighted by Crippen LogP contribution is -2.40. The number of aromatic amines is 1. The Morgan fingerprint density at radius 1 is 1.42 bits per heavy atom. The van der Waals surface area contributed by atoms with Crippen LogP contribution in [0.25, 0.3) is 11.0 Å². The van der Waals surface area contributed by atoms with E-state index in [1.807, 2.05) is 0 Å². The molecule has 0 amide bonds. The number of aromatic nitrogens is 3. The maximum absolute atomic E-state index is 12.6. The number of H-pyrrole nitrogens is 1. The highest BCUT2D eigenvalue weighted by Crippen LogP contribution is 2.26. The lowest BCUT2D eigenvalue weighted by molar-refractivity contribution is 0.453. The lowest BCUT2D eigenvalue weighted by Gasteiger charge is -2.19. The first-order chi connectivity index (χ1) is 11.3. The van der Waals surface area contributed by atoms with Gasteiger partial charge in [0.2, 0.25) is 10.0 Å². The summed E-state index contributed by atoms with van der Waals surface area (Å²) in [6, 6.07) is 1.02. The number of nitrogens with zero attached hydrogens (tertiary/aromatic N) is 2. The van der Waals surface area contributed by atoms with Crippen LogP contribution in [0.2, 0.25) is 0 Å². The third-order valence-corrected chi connectivity index (χ3v) is 5.96. The Hall–Kier alpha value is -2.04. The summed E-state index contributed by atoms with van der Waals surface area (Å²) < 4.78 is 29.0. The van der Waals surface area contributed by atoms with Crippen LogP contribution in [-0.2, 0) is 17.1 Å². The molecular weight excluding hydrogens is 334 g/mol. The van der Waals surface area contributed by atoms with E-state index in [1.54, 1.807) is 0 Å². The predicted octanol–water partition coefficient (Wildman–Crippen LogP) is -0.972. The van der Waals surface area contributed by atoms with Crippen molar-refractivity contribution < 1.29 is 8.42 Å². The molecule has 2 aromatic heterocycles. The summed E-state index contributed by atoms with van der Waals surface area (Å²) in [7, 11) is -2.38. The van der Waals surface area contributed by atoms with Gasteiger partial charge in [0.05, 0.1) is 5.39 Å². The molecule has 1 aliphatic carbocycles. The third-order valence-electron chi connectivity index (χ3n) is 4.51. The van der Waals surface area contributed by atoms with Gasteiger partial charge in [-0.2, -0.15) is 0 Å². The fourth-order valence-corrected chi connectivity index (χ4v) is 4.42. The van der Waals surface area contributed by atoms with Gasteiger partial charge < -0.3 is 5.73 Å². The molecule has 1 fully saturated rings. The van der Waals surface area contributed by atoms with Crippen molar-refractivity contribution in [2.45, 2.75) is 30.2 Å². The molecule has 0 bridgehead atoms. The van der Waals surface area contributed by atoms with Crippen LogP contribution in [0.4, 0.5) is 0 Å². The van der Waals surface area contributed by atoms with E-state index in [4.69, 9.17) is 5.73 Å². The summed E-state index contributed by atoms with van der Waals surface area (Å²) in [4.78, 5) is 29.5. The number of hydrogen-bond donors (Lipinski definition) is 3. The van der Waals surface area contributed by atoms with E-state index in [0.717, 1.165) is 30.0 Å². The number of hydrogen-bond acceptors (Lipinski definition) is 6. The molecule has 0 aromatic carbocycles. The minimum absolute atomic E-state index is 0.0433. The standard InChI is InChI=1S/C14H19N5O4S/c1-19-12-10(13(20)17-14(19)21)5-9(7-16-12)24(22,23)18-11-4-2-3-8(11)6-15/h5,7-8,11,18H,2-4,6,15H2,1H3,(H,17,20,21). The second kappa shape index (κ2) is 6.11. The molecule has 2 aromatic rings. The lowest BCUT2D eigenvalue weighted by atomic mass is 10.1. The SMILES string of the molecule is Cn1c(=O)[nH]c(=O)c2cc(S(=O)(=O)NC3CCCC3CN)cnc21. The van der Waals surface area contributed by atoms with Gasteiger partial charge in [-0.1, -0.05) is 6.42 Å². The van der Waals surface area contributed by atoms with Gasteiger partial charge in [-0.15, -0.1) is 0 Å². The van der Waals surface area contributed by atoms with Crippen LogP contribution in [0.5, 0.6) is 0 Å². The van der Waals surface area contributed by atoms with E-state index < -0.39 is 21.3 Å². The van der Waals surface area contributed by atoms with Crippen LogP contribution in [0.3, 0.4) is 0 Å². The van der Waals surface area contributed by atoms with Crippen LogP contribution in [0.15, 0.2) is 26.7 Å². The van der Waals surface area contributed by atoms with E-state index in [2.05, 4.69) is 14.7 Å². The highest BCUT2D eigenvalue weighted by Gasteiger charge is 2.30. The highest BCUT2D eigenvalue weighted by molar-refractivity contribution is 7.89. The zero-order valence-corrected chi connectivity index (χ0v) is 14.0. The number of sulfonamides is 1. The summed E-state index contributed by atoms with van der Waals surface area (Å²) >= 11 is 0. The van der Waals surface area contributed by atoms with Gasteiger partial charge in [-0.05, 0) is 31.4 Å². The van der Waals surface area contributed by atoms with E-state index in [9.17, 15) is 18.0 Å². The normalized spacial score (nSPS) is 21.4. The molecule has 24 heavy (non-hydrogen) atoms. The Kier molecular flexibility index (Phi) is 4.28. The van der Waals surface area contributed by atoms with Crippen molar-refractivity contribution >= 4 is 21.1 Å². The van der Waals surface area contributed by atoms with Crippen LogP contribution in [0, 0.1) is 5.92 Å². The molecule has 2 heterocycles. The Labute approximate surface area is 138 Å². The van der Waals surface area contributed by atoms with Gasteiger partial charge in [0.1, 0.15) is 10.5 Å². The minimum Gasteiger partial charge on any atom is -0.330 e. The fourth-order valence-electron chi connectivity index (χ4n) is 3.11. The largest absolute Gasteiger partial charge is 0.330 e. The van der Waals surface area contributed by atoms with Gasteiger partial charge in [0, 0.05) is 19.3 Å². The van der Waals surface area contributed by atoms with Crippen LogP contribution >= 0.6 is 0 Å². The van der Waals surface area contributed by atoms with Gasteiger partial charge in [0.25, 0.3) is 5.56 Å². The Bertz CT molecular complexity index is 994. The van der Waals surface area contributed by atoms with Crippen molar-refractivity contribution in [3.8, 4) is 0 Å². The quantitative estimate of drug-likeness (QED) is 0.646. The Morgan fingerprint density at radius 3 is 2.88 bits per heavy atom. The van der Waals surface area contributed by atoms with Crippen LogP contribution < -0.4 is 21.7 Å². The van der Waals surface area contributed by atoms with Gasteiger partial charge in [-0.3, -0.25) is 14.3 Å². The number of aryl methyl sites for hydroxylation is 1. The number of rotatable bonds is 4. The minimum atomic E-state index is -3.83. The van der Waals surface area contributed by atoms with Crippen LogP contribution in [0.1, 0.15) is 19.3 Å². The molecule has 0 aliphatic heterocycles. The number of nitrogens with two attached hydrogens (primary N) is 1. The van der Waals surface area contributed by atoms with E-state index in [1.165, 1.54) is 13.1 Å². The molecule has 130 valence electrons. The smallest absolute Gasteiger partial charge is 0.329 e. The molecule has 1 aliphatic rings. The molecule has 0 saturated heterocycles. The first-order valence-electron chi connectivity index (χ1n) is 7.65. The molecule has 0 spiro atoms. The van der Waals surface area contributed by atoms with Crippen molar-refractivity contribution in [2.75, 3.05) is 6.54 Å². The Morgan fingerprint density at radius 2 is 2.17 bits per heavy atom. The van der Waals surface area contributed by atoms with Crippen molar-refractivity contribution in [1.29, 1.82) is 0 Å². The van der Waals surface area contributed by atoms with Gasteiger partial charge in [0.15, 0.2) is 0 Å². The molecule has 2 unspecified atom stereocenters. The summed E-state index contributed by atoms with van der Waals surface area (Å²) in [6.07, 6.45) is 3.70. The van der Waals surface area contributed by atoms with Gasteiger partial charge >= 0.3 is 5.69 Å². The first-order valence-corrected chi connectivity index (χ1v) is 9.13. The average molecular weight is 353 g/mol. The van der Waals surface area contributed by atoms with E-state index in [0.29, 0.717) is 6.54 Å². The zero-order chi connectivity index (χ0) is 17.5. The average Bonchev–Trinajstić information content (AvgIpc) is 2.98. The van der Waals surface area contributed by atoms with Gasteiger partial charge in [-0.25, -0.2) is 22.9 Å². The summed E-state index contributed by atoms with van der Waals surface area (Å²) in [6.45, 7) is 0.422. The maximum atomic E-state index is 12.6. The molecule has 3 rings (SSSR count). The second-order valence-corrected chi connectivity index (χ2v) is 7.73. The molecule has 10 heteroatoms. The van der Waals surface area contributed by atoms with Crippen molar-refractivity contribution in [3.63, 3.8) is 0 Å². The third kappa shape index (κ3) is 2.87. The van der Waals surface area contributed by atoms with E-state index >= 15 is 0 Å². The maximum Gasteiger partial charge on any atom is 0.329 e. The van der Waals surface area contributed by atoms with E-state index in [-0.39, 0.29) is 27.9 Å². The molecule has 2 atom stereocenters. The van der Waals surface area contributed by atoms with Crippen LogP contribution in [-0.4, -0.2) is 35.5 Å². The number of pyridine rings is 1. The summed E-state index contributed by atoms with van der Waals surface area (Å²) in [5.74, 6) is 0.109. The fraction of sp³-hybridized carbons (Fsp3) is 0.500. The molecule has 9 nitrogen and oxygen atoms in total. The predicted molar refractivity (Wildman–Crippen MR) is 88.1 cm³/mol. The first kappa shape index (κ1) is 16.8. The second-order valence-electron chi connectivity index (χ2n) is 6.01. The van der Waals surface area contributed by atoms with Crippen molar-refractivity contribution in [3.05, 3.63) is 33.1 Å². The highest BCUT2D eigenvalue weighted by atomic mass is 32.2. The topological polar surface area (TPSA) is 140 Å². The van der Waals surface area contributed by atoms with Crippen molar-refractivity contribution in [2.24, 2.45) is 18.7 Å². The zero-order valence-electron chi connectivity index (χ0n) is 13.2. The number of fused-ring (bicyclic) bond motifs is 1. The summed E-state index contributed by atoms with van der Waals surface area (Å²) in [5.41, 5.74) is 4.54. The molecule has 1 saturated carbocycles. The summed E-state index contributed by atoms with van der Waals surface area (Å²) in [5, 5.41) is 0.0433.